The van der Waals surface area contributed by atoms with Crippen LogP contribution in [0.5, 0.6) is 0 Å². The van der Waals surface area contributed by atoms with Gasteiger partial charge in [0.05, 0.1) is 25.4 Å². The van der Waals surface area contributed by atoms with Gasteiger partial charge in [-0.3, -0.25) is 9.59 Å². The van der Waals surface area contributed by atoms with Crippen LogP contribution in [0, 0.1) is 5.92 Å². The average molecular weight is 366 g/mol. The summed E-state index contributed by atoms with van der Waals surface area (Å²) in [5, 5.41) is 0. The molecule has 0 spiro atoms. The van der Waals surface area contributed by atoms with Gasteiger partial charge in [-0.15, -0.1) is 6.58 Å². The second-order valence-electron chi connectivity index (χ2n) is 6.92. The highest BCUT2D eigenvalue weighted by molar-refractivity contribution is 5.66. The standard InChI is InChI=1S/C20H30O6/c1-4-10-23-19-12-16(13-20(19)26-15(3)22)7-6-11-24-17-8-5-9-18(17)25-14(2)21/h4,6-7,16-20H,1,5,8-13H2,2-3H3/b7-6+/t16?,17-,18-,19+,20+/m1/s1. The van der Waals surface area contributed by atoms with E-state index in [0.29, 0.717) is 13.2 Å². The topological polar surface area (TPSA) is 71.1 Å². The van der Waals surface area contributed by atoms with Crippen molar-refractivity contribution in [2.24, 2.45) is 5.92 Å². The lowest BCUT2D eigenvalue weighted by molar-refractivity contribution is -0.153. The van der Waals surface area contributed by atoms with Crippen molar-refractivity contribution in [2.45, 2.75) is 70.4 Å². The summed E-state index contributed by atoms with van der Waals surface area (Å²) in [6.07, 6.45) is 9.68. The Morgan fingerprint density at radius 1 is 0.923 bits per heavy atom. The molecule has 5 atom stereocenters. The van der Waals surface area contributed by atoms with Crippen LogP contribution >= 0.6 is 0 Å². The second kappa shape index (κ2) is 10.5. The monoisotopic (exact) mass is 366 g/mol. The molecule has 26 heavy (non-hydrogen) atoms. The number of allylic oxidation sites excluding steroid dienone is 1. The summed E-state index contributed by atoms with van der Waals surface area (Å²) < 4.78 is 22.3. The molecule has 6 nitrogen and oxygen atoms in total. The molecule has 0 radical (unpaired) electrons. The molecule has 2 fully saturated rings. The van der Waals surface area contributed by atoms with Gasteiger partial charge in [-0.25, -0.2) is 0 Å². The number of rotatable bonds is 9. The van der Waals surface area contributed by atoms with Crippen molar-refractivity contribution in [3.05, 3.63) is 24.8 Å². The fraction of sp³-hybridized carbons (Fsp3) is 0.700. The van der Waals surface area contributed by atoms with Crippen LogP contribution in [0.1, 0.15) is 46.0 Å². The van der Waals surface area contributed by atoms with Crippen molar-refractivity contribution in [1.29, 1.82) is 0 Å². The van der Waals surface area contributed by atoms with Crippen LogP contribution < -0.4 is 0 Å². The molecule has 2 aliphatic carbocycles. The molecule has 0 aromatic carbocycles. The summed E-state index contributed by atoms with van der Waals surface area (Å²) in [5.41, 5.74) is 0. The molecule has 0 aliphatic heterocycles. The SMILES string of the molecule is C=CCO[C@H]1CC(/C=C/CO[C@@H]2CCC[C@H]2OC(C)=O)C[C@@H]1OC(C)=O. The zero-order chi connectivity index (χ0) is 18.9. The number of carbonyl (C=O) groups excluding carboxylic acids is 2. The normalized spacial score (nSPS) is 31.2. The molecule has 0 aromatic heterocycles. The highest BCUT2D eigenvalue weighted by atomic mass is 16.6. The Kier molecular flexibility index (Phi) is 8.32. The van der Waals surface area contributed by atoms with Crippen LogP contribution in [0.4, 0.5) is 0 Å². The third-order valence-corrected chi connectivity index (χ3v) is 4.75. The van der Waals surface area contributed by atoms with Crippen molar-refractivity contribution in [2.75, 3.05) is 13.2 Å². The highest BCUT2D eigenvalue weighted by Crippen LogP contribution is 2.32. The molecular formula is C20H30O6. The third-order valence-electron chi connectivity index (χ3n) is 4.75. The summed E-state index contributed by atoms with van der Waals surface area (Å²) >= 11 is 0. The number of ether oxygens (including phenoxy) is 4. The molecule has 0 amide bonds. The molecule has 6 heteroatoms. The smallest absolute Gasteiger partial charge is 0.302 e. The zero-order valence-electron chi connectivity index (χ0n) is 15.7. The summed E-state index contributed by atoms with van der Waals surface area (Å²) in [4.78, 5) is 22.4. The van der Waals surface area contributed by atoms with Crippen LogP contribution in [-0.4, -0.2) is 49.6 Å². The minimum atomic E-state index is -0.284. The maximum absolute atomic E-state index is 11.3. The van der Waals surface area contributed by atoms with Crippen LogP contribution in [0.3, 0.4) is 0 Å². The van der Waals surface area contributed by atoms with E-state index in [2.05, 4.69) is 12.7 Å². The summed E-state index contributed by atoms with van der Waals surface area (Å²) in [7, 11) is 0. The first-order valence-electron chi connectivity index (χ1n) is 9.34. The molecule has 0 heterocycles. The van der Waals surface area contributed by atoms with Gasteiger partial charge in [-0.05, 0) is 38.0 Å². The summed E-state index contributed by atoms with van der Waals surface area (Å²) in [6, 6.07) is 0. The van der Waals surface area contributed by atoms with Crippen molar-refractivity contribution >= 4 is 11.9 Å². The number of hydrogen-bond donors (Lipinski definition) is 0. The summed E-state index contributed by atoms with van der Waals surface area (Å²) in [5.74, 6) is -0.257. The second-order valence-corrected chi connectivity index (χ2v) is 6.92. The number of carbonyl (C=O) groups is 2. The van der Waals surface area contributed by atoms with Crippen molar-refractivity contribution in [3.8, 4) is 0 Å². The molecule has 0 saturated heterocycles. The fourth-order valence-corrected chi connectivity index (χ4v) is 3.72. The first-order chi connectivity index (χ1) is 12.5. The Morgan fingerprint density at radius 2 is 1.54 bits per heavy atom. The van der Waals surface area contributed by atoms with Crippen LogP contribution in [0.2, 0.25) is 0 Å². The molecule has 0 bridgehead atoms. The van der Waals surface area contributed by atoms with Gasteiger partial charge in [-0.1, -0.05) is 18.2 Å². The zero-order valence-corrected chi connectivity index (χ0v) is 15.7. The highest BCUT2D eigenvalue weighted by Gasteiger charge is 2.36. The van der Waals surface area contributed by atoms with Crippen LogP contribution in [0.25, 0.3) is 0 Å². The van der Waals surface area contributed by atoms with E-state index in [1.165, 1.54) is 13.8 Å². The van der Waals surface area contributed by atoms with Crippen molar-refractivity contribution in [3.63, 3.8) is 0 Å². The average Bonchev–Trinajstić information content (AvgIpc) is 3.15. The van der Waals surface area contributed by atoms with Gasteiger partial charge < -0.3 is 18.9 Å². The Bertz CT molecular complexity index is 514. The minimum absolute atomic E-state index is 0.0235. The Hall–Kier alpha value is -1.66. The first kappa shape index (κ1) is 20.6. The molecule has 1 unspecified atom stereocenters. The van der Waals surface area contributed by atoms with Gasteiger partial charge >= 0.3 is 11.9 Å². The molecule has 2 saturated carbocycles. The molecule has 146 valence electrons. The number of hydrogen-bond acceptors (Lipinski definition) is 6. The largest absolute Gasteiger partial charge is 0.460 e. The Labute approximate surface area is 155 Å². The predicted octanol–water partition coefficient (Wildman–Crippen LogP) is 2.96. The van der Waals surface area contributed by atoms with Crippen LogP contribution in [0.15, 0.2) is 24.8 Å². The van der Waals surface area contributed by atoms with Gasteiger partial charge in [0.25, 0.3) is 0 Å². The molecule has 2 aliphatic rings. The van der Waals surface area contributed by atoms with Crippen molar-refractivity contribution in [1.82, 2.24) is 0 Å². The lowest BCUT2D eigenvalue weighted by atomic mass is 10.1. The minimum Gasteiger partial charge on any atom is -0.460 e. The third kappa shape index (κ3) is 6.57. The van der Waals surface area contributed by atoms with Gasteiger partial charge in [0.1, 0.15) is 12.2 Å². The van der Waals surface area contributed by atoms with Gasteiger partial charge in [0.15, 0.2) is 0 Å². The Morgan fingerprint density at radius 3 is 2.23 bits per heavy atom. The molecule has 0 aromatic rings. The lowest BCUT2D eigenvalue weighted by Gasteiger charge is -2.19. The van der Waals surface area contributed by atoms with E-state index in [-0.39, 0.29) is 42.3 Å². The van der Waals surface area contributed by atoms with Gasteiger partial charge in [0, 0.05) is 13.8 Å². The van der Waals surface area contributed by atoms with Gasteiger partial charge in [-0.2, -0.15) is 0 Å². The molecule has 2 rings (SSSR count). The maximum Gasteiger partial charge on any atom is 0.302 e. The van der Waals surface area contributed by atoms with E-state index < -0.39 is 0 Å². The van der Waals surface area contributed by atoms with E-state index in [9.17, 15) is 9.59 Å². The summed E-state index contributed by atoms with van der Waals surface area (Å²) in [6.45, 7) is 7.43. The lowest BCUT2D eigenvalue weighted by Crippen LogP contribution is -2.27. The van der Waals surface area contributed by atoms with E-state index in [1.807, 2.05) is 6.08 Å². The van der Waals surface area contributed by atoms with E-state index in [0.717, 1.165) is 32.1 Å². The molecule has 0 N–H and O–H groups in total. The fourth-order valence-electron chi connectivity index (χ4n) is 3.72. The van der Waals surface area contributed by atoms with E-state index >= 15 is 0 Å². The maximum atomic E-state index is 11.3. The quantitative estimate of drug-likeness (QED) is 0.461. The Balaban J connectivity index is 1.77. The van der Waals surface area contributed by atoms with Crippen LogP contribution in [-0.2, 0) is 28.5 Å². The number of esters is 2. The first-order valence-corrected chi connectivity index (χ1v) is 9.34. The van der Waals surface area contributed by atoms with E-state index in [1.54, 1.807) is 6.08 Å². The molecular weight excluding hydrogens is 336 g/mol. The van der Waals surface area contributed by atoms with Gasteiger partial charge in [0.2, 0.25) is 0 Å². The van der Waals surface area contributed by atoms with Crippen molar-refractivity contribution < 1.29 is 28.5 Å². The predicted molar refractivity (Wildman–Crippen MR) is 96.5 cm³/mol. The van der Waals surface area contributed by atoms with E-state index in [4.69, 9.17) is 18.9 Å².